The van der Waals surface area contributed by atoms with Gasteiger partial charge < -0.3 is 5.11 Å². The van der Waals surface area contributed by atoms with Gasteiger partial charge in [0.2, 0.25) is 0 Å². The maximum atomic E-state index is 10.8. The molecule has 0 bridgehead atoms. The molecular weight excluding hydrogens is 234 g/mol. The Labute approximate surface area is 118 Å². The lowest BCUT2D eigenvalue weighted by atomic mass is 9.60. The largest absolute Gasteiger partial charge is 0.391 e. The van der Waals surface area contributed by atoms with Crippen LogP contribution in [-0.4, -0.2) is 11.2 Å². The van der Waals surface area contributed by atoms with Crippen LogP contribution in [0.3, 0.4) is 0 Å². The third-order valence-corrected chi connectivity index (χ3v) is 5.71. The predicted molar refractivity (Wildman–Crippen MR) is 77.4 cm³/mol. The third-order valence-electron chi connectivity index (χ3n) is 5.71. The Morgan fingerprint density at radius 1 is 1.16 bits per heavy atom. The highest BCUT2D eigenvalue weighted by atomic mass is 16.3. The number of aliphatic hydroxyl groups is 1. The second-order valence-electron chi connectivity index (χ2n) is 7.91. The van der Waals surface area contributed by atoms with E-state index >= 15 is 0 Å². The van der Waals surface area contributed by atoms with E-state index in [-0.39, 0.29) is 0 Å². The van der Waals surface area contributed by atoms with Gasteiger partial charge in [-0.15, -0.1) is 0 Å². The van der Waals surface area contributed by atoms with Crippen LogP contribution < -0.4 is 0 Å². The predicted octanol–water partition coefficient (Wildman–Crippen LogP) is 4.28. The molecule has 2 fully saturated rings. The minimum atomic E-state index is -0.461. The summed E-state index contributed by atoms with van der Waals surface area (Å²) in [6.07, 6.45) is 8.21. The van der Waals surface area contributed by atoms with E-state index in [4.69, 9.17) is 0 Å². The summed E-state index contributed by atoms with van der Waals surface area (Å²) in [6.45, 7) is 6.84. The highest BCUT2D eigenvalue weighted by Crippen LogP contribution is 2.49. The summed E-state index contributed by atoms with van der Waals surface area (Å²) in [5.41, 5.74) is -0.114. The molecule has 0 heterocycles. The average molecular weight is 263 g/mol. The van der Waals surface area contributed by atoms with Gasteiger partial charge in [-0.25, -0.2) is 0 Å². The van der Waals surface area contributed by atoms with Crippen LogP contribution in [-0.2, 0) is 0 Å². The highest BCUT2D eigenvalue weighted by molar-refractivity contribution is 5.08. The Morgan fingerprint density at radius 3 is 2.32 bits per heavy atom. The van der Waals surface area contributed by atoms with Crippen molar-refractivity contribution in [3.8, 4) is 6.07 Å². The third kappa shape index (κ3) is 3.14. The van der Waals surface area contributed by atoms with Gasteiger partial charge in [-0.3, -0.25) is 0 Å². The van der Waals surface area contributed by atoms with Gasteiger partial charge in [0.25, 0.3) is 0 Å². The summed E-state index contributed by atoms with van der Waals surface area (Å²) in [7, 11) is 0. The van der Waals surface area contributed by atoms with Crippen molar-refractivity contribution in [1.82, 2.24) is 0 Å². The summed E-state index contributed by atoms with van der Waals surface area (Å²) in [4.78, 5) is 0. The van der Waals surface area contributed by atoms with E-state index in [2.05, 4.69) is 26.8 Å². The smallest absolute Gasteiger partial charge is 0.0835 e. The standard InChI is InChI=1S/C17H29NO/c1-13-5-4-6-14(11-13)15(19)17(12-18)9-7-16(2,3)8-10-17/h13-15,19H,4-11H2,1-3H3. The minimum absolute atomic E-state index is 0.347. The fourth-order valence-electron chi connectivity index (χ4n) is 4.07. The summed E-state index contributed by atoms with van der Waals surface area (Å²) in [6, 6.07) is 2.52. The van der Waals surface area contributed by atoms with Crippen LogP contribution in [0.2, 0.25) is 0 Å². The Kier molecular flexibility index (Phi) is 4.26. The lowest BCUT2D eigenvalue weighted by Gasteiger charge is -2.45. The molecule has 19 heavy (non-hydrogen) atoms. The van der Waals surface area contributed by atoms with Gasteiger partial charge in [0.05, 0.1) is 17.6 Å². The minimum Gasteiger partial charge on any atom is -0.391 e. The fourth-order valence-corrected chi connectivity index (χ4v) is 4.07. The molecule has 108 valence electrons. The molecule has 2 heteroatoms. The van der Waals surface area contributed by atoms with Crippen LogP contribution in [0.4, 0.5) is 0 Å². The number of hydrogen-bond acceptors (Lipinski definition) is 2. The first-order valence-electron chi connectivity index (χ1n) is 7.98. The molecule has 0 aromatic carbocycles. The van der Waals surface area contributed by atoms with Gasteiger partial charge in [0.1, 0.15) is 0 Å². The molecule has 2 rings (SSSR count). The van der Waals surface area contributed by atoms with Crippen LogP contribution in [0.15, 0.2) is 0 Å². The van der Waals surface area contributed by atoms with Crippen molar-refractivity contribution in [3.63, 3.8) is 0 Å². The number of nitriles is 1. The zero-order valence-electron chi connectivity index (χ0n) is 12.8. The van der Waals surface area contributed by atoms with Gasteiger partial charge in [0.15, 0.2) is 0 Å². The molecular formula is C17H29NO. The van der Waals surface area contributed by atoms with E-state index < -0.39 is 11.5 Å². The molecule has 0 saturated heterocycles. The Balaban J connectivity index is 2.07. The zero-order chi connectivity index (χ0) is 14.1. The monoisotopic (exact) mass is 263 g/mol. The van der Waals surface area contributed by atoms with Crippen molar-refractivity contribution in [2.75, 3.05) is 0 Å². The van der Waals surface area contributed by atoms with E-state index in [0.29, 0.717) is 17.3 Å². The summed E-state index contributed by atoms with van der Waals surface area (Å²) in [5, 5.41) is 20.5. The van der Waals surface area contributed by atoms with E-state index in [9.17, 15) is 10.4 Å². The number of nitrogens with zero attached hydrogens (tertiary/aromatic N) is 1. The average Bonchev–Trinajstić information content (AvgIpc) is 2.39. The first-order valence-corrected chi connectivity index (χ1v) is 7.98. The molecule has 2 aliphatic rings. The second kappa shape index (κ2) is 5.44. The molecule has 3 unspecified atom stereocenters. The molecule has 2 aliphatic carbocycles. The lowest BCUT2D eigenvalue weighted by Crippen LogP contribution is -2.44. The second-order valence-corrected chi connectivity index (χ2v) is 7.91. The van der Waals surface area contributed by atoms with E-state index in [0.717, 1.165) is 38.5 Å². The molecule has 0 spiro atoms. The van der Waals surface area contributed by atoms with E-state index in [1.54, 1.807) is 0 Å². The molecule has 1 N–H and O–H groups in total. The van der Waals surface area contributed by atoms with E-state index in [1.165, 1.54) is 12.8 Å². The maximum Gasteiger partial charge on any atom is 0.0835 e. The maximum absolute atomic E-state index is 10.8. The van der Waals surface area contributed by atoms with Crippen molar-refractivity contribution < 1.29 is 5.11 Å². The van der Waals surface area contributed by atoms with Crippen LogP contribution in [0.25, 0.3) is 0 Å². The SMILES string of the molecule is CC1CCCC(C(O)C2(C#N)CCC(C)(C)CC2)C1. The van der Waals surface area contributed by atoms with Crippen molar-refractivity contribution in [2.45, 2.75) is 78.2 Å². The van der Waals surface area contributed by atoms with Gasteiger partial charge >= 0.3 is 0 Å². The van der Waals surface area contributed by atoms with E-state index in [1.807, 2.05) is 0 Å². The molecule has 2 saturated carbocycles. The normalized spacial score (nSPS) is 35.3. The van der Waals surface area contributed by atoms with Crippen molar-refractivity contribution >= 4 is 0 Å². The molecule has 2 nitrogen and oxygen atoms in total. The van der Waals surface area contributed by atoms with Gasteiger partial charge in [-0.2, -0.15) is 5.26 Å². The topological polar surface area (TPSA) is 44.0 Å². The molecule has 0 amide bonds. The van der Waals surface area contributed by atoms with Crippen molar-refractivity contribution in [2.24, 2.45) is 22.7 Å². The van der Waals surface area contributed by atoms with Crippen LogP contribution >= 0.6 is 0 Å². The summed E-state index contributed by atoms with van der Waals surface area (Å²) < 4.78 is 0. The Bertz CT molecular complexity index is 345. The van der Waals surface area contributed by atoms with Crippen LogP contribution in [0.5, 0.6) is 0 Å². The first-order chi connectivity index (χ1) is 8.88. The van der Waals surface area contributed by atoms with Gasteiger partial charge in [0, 0.05) is 0 Å². The Hall–Kier alpha value is -0.550. The molecule has 0 radical (unpaired) electrons. The number of rotatable bonds is 2. The highest BCUT2D eigenvalue weighted by Gasteiger charge is 2.46. The molecule has 0 aromatic rings. The zero-order valence-corrected chi connectivity index (χ0v) is 12.8. The number of aliphatic hydroxyl groups excluding tert-OH is 1. The molecule has 0 aromatic heterocycles. The quantitative estimate of drug-likeness (QED) is 0.808. The first kappa shape index (κ1) is 14.9. The molecule has 3 atom stereocenters. The fraction of sp³-hybridized carbons (Fsp3) is 0.941. The van der Waals surface area contributed by atoms with Crippen molar-refractivity contribution in [3.05, 3.63) is 0 Å². The molecule has 0 aliphatic heterocycles. The summed E-state index contributed by atoms with van der Waals surface area (Å²) >= 11 is 0. The van der Waals surface area contributed by atoms with Gasteiger partial charge in [-0.05, 0) is 55.8 Å². The summed E-state index contributed by atoms with van der Waals surface area (Å²) in [5.74, 6) is 1.06. The van der Waals surface area contributed by atoms with Crippen molar-refractivity contribution in [1.29, 1.82) is 5.26 Å². The van der Waals surface area contributed by atoms with Crippen LogP contribution in [0, 0.1) is 34.0 Å². The van der Waals surface area contributed by atoms with Gasteiger partial charge in [-0.1, -0.05) is 33.6 Å². The Morgan fingerprint density at radius 2 is 1.79 bits per heavy atom. The lowest BCUT2D eigenvalue weighted by molar-refractivity contribution is -0.0403. The van der Waals surface area contributed by atoms with Crippen LogP contribution in [0.1, 0.15) is 72.1 Å². The number of hydrogen-bond donors (Lipinski definition) is 1.